The maximum Gasteiger partial charge on any atom is 0.240 e. The molecule has 3 unspecified atom stereocenters. The summed E-state index contributed by atoms with van der Waals surface area (Å²) in [5.74, 6) is -0.345. The van der Waals surface area contributed by atoms with Crippen LogP contribution >= 0.6 is 0 Å². The third-order valence-corrected chi connectivity index (χ3v) is 3.21. The van der Waals surface area contributed by atoms with Crippen LogP contribution in [-0.2, 0) is 4.79 Å². The molecule has 1 aliphatic rings. The summed E-state index contributed by atoms with van der Waals surface area (Å²) >= 11 is 0. The molecule has 1 fully saturated rings. The van der Waals surface area contributed by atoms with E-state index < -0.39 is 5.92 Å². The molecule has 1 aliphatic heterocycles. The summed E-state index contributed by atoms with van der Waals surface area (Å²) < 4.78 is 0. The number of amides is 1. The van der Waals surface area contributed by atoms with E-state index in [2.05, 4.69) is 0 Å². The number of hydrogen-bond donors (Lipinski definition) is 1. The molecule has 0 aliphatic carbocycles. The number of aliphatic hydroxyl groups is 1. The van der Waals surface area contributed by atoms with Gasteiger partial charge in [0.25, 0.3) is 0 Å². The van der Waals surface area contributed by atoms with Crippen LogP contribution in [0.5, 0.6) is 0 Å². The van der Waals surface area contributed by atoms with Gasteiger partial charge in [-0.3, -0.25) is 4.79 Å². The Kier molecular flexibility index (Phi) is 4.10. The highest BCUT2D eigenvalue weighted by Crippen LogP contribution is 2.25. The lowest BCUT2D eigenvalue weighted by Gasteiger charge is -2.26. The predicted octanol–water partition coefficient (Wildman–Crippen LogP) is 0.765. The second-order valence-corrected chi connectivity index (χ2v) is 4.14. The lowest BCUT2D eigenvalue weighted by atomic mass is 10.0. The maximum absolute atomic E-state index is 11.9. The fourth-order valence-corrected chi connectivity index (χ4v) is 2.08. The van der Waals surface area contributed by atoms with Crippen molar-refractivity contribution in [3.05, 3.63) is 0 Å². The van der Waals surface area contributed by atoms with Gasteiger partial charge in [0, 0.05) is 6.54 Å². The van der Waals surface area contributed by atoms with Crippen molar-refractivity contribution in [1.29, 1.82) is 5.26 Å². The van der Waals surface area contributed by atoms with E-state index in [0.29, 0.717) is 18.9 Å². The summed E-state index contributed by atoms with van der Waals surface area (Å²) in [4.78, 5) is 13.6. The van der Waals surface area contributed by atoms with Crippen molar-refractivity contribution in [2.75, 3.05) is 13.2 Å². The molecule has 1 N–H and O–H groups in total. The van der Waals surface area contributed by atoms with Crippen molar-refractivity contribution >= 4 is 5.91 Å². The van der Waals surface area contributed by atoms with Crippen LogP contribution in [0.15, 0.2) is 0 Å². The minimum atomic E-state index is -0.552. The first-order valence-electron chi connectivity index (χ1n) is 5.46. The summed E-state index contributed by atoms with van der Waals surface area (Å²) in [6.45, 7) is 4.53. The van der Waals surface area contributed by atoms with Gasteiger partial charge in [0.2, 0.25) is 5.91 Å². The molecule has 84 valence electrons. The molecule has 0 aromatic rings. The van der Waals surface area contributed by atoms with E-state index in [-0.39, 0.29) is 18.6 Å². The summed E-state index contributed by atoms with van der Waals surface area (Å²) in [6, 6.07) is 1.92. The lowest BCUT2D eigenvalue weighted by Crippen LogP contribution is -2.42. The van der Waals surface area contributed by atoms with Crippen molar-refractivity contribution < 1.29 is 9.90 Å². The largest absolute Gasteiger partial charge is 0.394 e. The zero-order valence-electron chi connectivity index (χ0n) is 9.31. The molecule has 1 saturated heterocycles. The number of rotatable bonds is 3. The average molecular weight is 210 g/mol. The molecular formula is C11H18N2O2. The molecule has 1 heterocycles. The summed E-state index contributed by atoms with van der Waals surface area (Å²) in [5.41, 5.74) is 0. The monoisotopic (exact) mass is 210 g/mol. The third-order valence-electron chi connectivity index (χ3n) is 3.21. The zero-order chi connectivity index (χ0) is 11.4. The number of hydrogen-bond acceptors (Lipinski definition) is 3. The van der Waals surface area contributed by atoms with E-state index >= 15 is 0 Å². The molecule has 0 aromatic heterocycles. The van der Waals surface area contributed by atoms with Crippen molar-refractivity contribution in [3.8, 4) is 6.07 Å². The van der Waals surface area contributed by atoms with E-state index in [1.54, 1.807) is 4.90 Å². The lowest BCUT2D eigenvalue weighted by molar-refractivity contribution is -0.135. The van der Waals surface area contributed by atoms with Gasteiger partial charge in [-0.25, -0.2) is 0 Å². The third kappa shape index (κ3) is 2.29. The smallest absolute Gasteiger partial charge is 0.240 e. The zero-order valence-corrected chi connectivity index (χ0v) is 9.31. The molecule has 3 atom stereocenters. The van der Waals surface area contributed by atoms with Gasteiger partial charge in [0.1, 0.15) is 5.92 Å². The molecular weight excluding hydrogens is 192 g/mol. The van der Waals surface area contributed by atoms with Gasteiger partial charge in [-0.1, -0.05) is 13.8 Å². The first-order chi connectivity index (χ1) is 7.15. The SMILES string of the molecule is CCC(C#N)C(=O)N1CCC(C)C1CO. The van der Waals surface area contributed by atoms with Gasteiger partial charge >= 0.3 is 0 Å². The number of carbonyl (C=O) groups is 1. The molecule has 0 radical (unpaired) electrons. The molecule has 1 amide bonds. The molecule has 15 heavy (non-hydrogen) atoms. The first kappa shape index (κ1) is 12.0. The Bertz CT molecular complexity index is 272. The summed E-state index contributed by atoms with van der Waals surface area (Å²) in [7, 11) is 0. The van der Waals surface area contributed by atoms with Gasteiger partial charge in [0.05, 0.1) is 18.7 Å². The molecule has 0 spiro atoms. The van der Waals surface area contributed by atoms with Gasteiger partial charge in [-0.15, -0.1) is 0 Å². The topological polar surface area (TPSA) is 64.3 Å². The predicted molar refractivity (Wildman–Crippen MR) is 55.8 cm³/mol. The molecule has 0 aromatic carbocycles. The quantitative estimate of drug-likeness (QED) is 0.748. The first-order valence-corrected chi connectivity index (χ1v) is 5.46. The Morgan fingerprint density at radius 2 is 2.40 bits per heavy atom. The fraction of sp³-hybridized carbons (Fsp3) is 0.818. The molecule has 1 rings (SSSR count). The number of nitriles is 1. The normalized spacial score (nSPS) is 27.5. The Labute approximate surface area is 90.5 Å². The highest BCUT2D eigenvalue weighted by atomic mass is 16.3. The molecule has 4 nitrogen and oxygen atoms in total. The van der Waals surface area contributed by atoms with Crippen LogP contribution in [0.2, 0.25) is 0 Å². The Morgan fingerprint density at radius 3 is 2.87 bits per heavy atom. The van der Waals surface area contributed by atoms with E-state index in [1.165, 1.54) is 0 Å². The van der Waals surface area contributed by atoms with E-state index in [4.69, 9.17) is 5.26 Å². The number of carbonyl (C=O) groups excluding carboxylic acids is 1. The minimum absolute atomic E-state index is 0.00519. The van der Waals surface area contributed by atoms with E-state index in [9.17, 15) is 9.90 Å². The Morgan fingerprint density at radius 1 is 1.73 bits per heavy atom. The van der Waals surface area contributed by atoms with E-state index in [1.807, 2.05) is 19.9 Å². The molecule has 4 heteroatoms. The van der Waals surface area contributed by atoms with Crippen LogP contribution < -0.4 is 0 Å². The second kappa shape index (κ2) is 5.13. The van der Waals surface area contributed by atoms with Crippen molar-refractivity contribution in [2.24, 2.45) is 11.8 Å². The van der Waals surface area contributed by atoms with Crippen LogP contribution in [0, 0.1) is 23.2 Å². The van der Waals surface area contributed by atoms with Gasteiger partial charge < -0.3 is 10.0 Å². The average Bonchev–Trinajstić information content (AvgIpc) is 2.61. The fourth-order valence-electron chi connectivity index (χ4n) is 2.08. The van der Waals surface area contributed by atoms with Crippen LogP contribution in [0.4, 0.5) is 0 Å². The standard InChI is InChI=1S/C11H18N2O2/c1-3-9(6-12)11(15)13-5-4-8(2)10(13)7-14/h8-10,14H,3-5,7H2,1-2H3. The van der Waals surface area contributed by atoms with E-state index in [0.717, 1.165) is 6.42 Å². The summed E-state index contributed by atoms with van der Waals surface area (Å²) in [6.07, 6.45) is 1.46. The maximum atomic E-state index is 11.9. The highest BCUT2D eigenvalue weighted by Gasteiger charge is 2.36. The molecule has 0 saturated carbocycles. The Hall–Kier alpha value is -1.08. The van der Waals surface area contributed by atoms with Crippen LogP contribution in [0.3, 0.4) is 0 Å². The number of nitrogens with zero attached hydrogens (tertiary/aromatic N) is 2. The Balaban J connectivity index is 2.72. The van der Waals surface area contributed by atoms with Crippen LogP contribution in [-0.4, -0.2) is 35.1 Å². The minimum Gasteiger partial charge on any atom is -0.394 e. The highest BCUT2D eigenvalue weighted by molar-refractivity contribution is 5.81. The number of aliphatic hydroxyl groups excluding tert-OH is 1. The van der Waals surface area contributed by atoms with Crippen molar-refractivity contribution in [3.63, 3.8) is 0 Å². The number of likely N-dealkylation sites (tertiary alicyclic amines) is 1. The van der Waals surface area contributed by atoms with Gasteiger partial charge in [0.15, 0.2) is 0 Å². The van der Waals surface area contributed by atoms with Gasteiger partial charge in [-0.2, -0.15) is 5.26 Å². The second-order valence-electron chi connectivity index (χ2n) is 4.14. The molecule has 0 bridgehead atoms. The van der Waals surface area contributed by atoms with Crippen LogP contribution in [0.1, 0.15) is 26.7 Å². The summed E-state index contributed by atoms with van der Waals surface area (Å²) in [5, 5.41) is 18.0. The van der Waals surface area contributed by atoms with Crippen molar-refractivity contribution in [2.45, 2.75) is 32.7 Å². The van der Waals surface area contributed by atoms with Gasteiger partial charge in [-0.05, 0) is 18.8 Å². The van der Waals surface area contributed by atoms with Crippen LogP contribution in [0.25, 0.3) is 0 Å². The van der Waals surface area contributed by atoms with Crippen molar-refractivity contribution in [1.82, 2.24) is 4.90 Å².